The van der Waals surface area contributed by atoms with Crippen LogP contribution < -0.4 is 16.1 Å². The molecule has 0 radical (unpaired) electrons. The van der Waals surface area contributed by atoms with Crippen LogP contribution in [0, 0.1) is 11.3 Å². The van der Waals surface area contributed by atoms with Crippen LogP contribution in [0.4, 0.5) is 5.82 Å². The minimum absolute atomic E-state index is 0.0112. The molecule has 1 fully saturated rings. The lowest BCUT2D eigenvalue weighted by atomic mass is 10.2. The summed E-state index contributed by atoms with van der Waals surface area (Å²) in [5, 5.41) is 10.0. The van der Waals surface area contributed by atoms with Gasteiger partial charge < -0.3 is 9.80 Å². The quantitative estimate of drug-likeness (QED) is 0.763. The van der Waals surface area contributed by atoms with Crippen LogP contribution in [0.1, 0.15) is 11.1 Å². The van der Waals surface area contributed by atoms with Crippen LogP contribution in [-0.2, 0) is 25.4 Å². The Kier molecular flexibility index (Phi) is 5.06. The van der Waals surface area contributed by atoms with Gasteiger partial charge in [-0.15, -0.1) is 0 Å². The van der Waals surface area contributed by atoms with Gasteiger partial charge in [0.2, 0.25) is 5.91 Å². The standard InChI is InChI=1S/C18H18ClN5O3/c1-21-16(14(9-20)17(26)22(2)18(21)27)24-8-7-23(15(25)11-24)10-12-3-5-13(19)6-4-12/h3-6H,7-8,10-11H2,1-2H3. The lowest BCUT2D eigenvalue weighted by Crippen LogP contribution is -2.52. The second-order valence-electron chi connectivity index (χ2n) is 6.38. The largest absolute Gasteiger partial charge is 0.346 e. The molecule has 1 aliphatic heterocycles. The number of nitrogens with zero attached hydrogens (tertiary/aromatic N) is 5. The maximum Gasteiger partial charge on any atom is 0.332 e. The molecule has 9 heteroatoms. The third-order valence-electron chi connectivity index (χ3n) is 4.65. The predicted octanol–water partition coefficient (Wildman–Crippen LogP) is 0.458. The predicted molar refractivity (Wildman–Crippen MR) is 101 cm³/mol. The first-order chi connectivity index (χ1) is 12.8. The summed E-state index contributed by atoms with van der Waals surface area (Å²) in [4.78, 5) is 40.4. The second-order valence-corrected chi connectivity index (χ2v) is 6.82. The molecule has 140 valence electrons. The Morgan fingerprint density at radius 1 is 1.07 bits per heavy atom. The summed E-state index contributed by atoms with van der Waals surface area (Å²) >= 11 is 5.88. The minimum Gasteiger partial charge on any atom is -0.346 e. The number of piperazine rings is 1. The van der Waals surface area contributed by atoms with Crippen LogP contribution in [0.3, 0.4) is 0 Å². The molecule has 0 saturated carbocycles. The van der Waals surface area contributed by atoms with Gasteiger partial charge in [0.25, 0.3) is 5.56 Å². The van der Waals surface area contributed by atoms with E-state index in [1.807, 2.05) is 18.2 Å². The number of aromatic nitrogens is 2. The maximum absolute atomic E-state index is 12.6. The summed E-state index contributed by atoms with van der Waals surface area (Å²) in [5.41, 5.74) is -0.380. The van der Waals surface area contributed by atoms with E-state index >= 15 is 0 Å². The number of benzene rings is 1. The third kappa shape index (κ3) is 3.46. The van der Waals surface area contributed by atoms with E-state index in [1.54, 1.807) is 21.9 Å². The zero-order valence-electron chi connectivity index (χ0n) is 15.0. The Morgan fingerprint density at radius 2 is 1.74 bits per heavy atom. The van der Waals surface area contributed by atoms with E-state index < -0.39 is 11.2 Å². The van der Waals surface area contributed by atoms with Gasteiger partial charge in [-0.2, -0.15) is 5.26 Å². The van der Waals surface area contributed by atoms with Crippen LogP contribution in [0.2, 0.25) is 5.02 Å². The second kappa shape index (κ2) is 7.29. The number of hydrogen-bond acceptors (Lipinski definition) is 5. The molecule has 0 spiro atoms. The molecule has 0 bridgehead atoms. The van der Waals surface area contributed by atoms with Crippen molar-refractivity contribution in [2.24, 2.45) is 14.1 Å². The van der Waals surface area contributed by atoms with Gasteiger partial charge in [-0.1, -0.05) is 23.7 Å². The summed E-state index contributed by atoms with van der Waals surface area (Å²) in [6.45, 7) is 1.26. The van der Waals surface area contributed by atoms with Gasteiger partial charge in [-0.05, 0) is 17.7 Å². The lowest BCUT2D eigenvalue weighted by molar-refractivity contribution is -0.131. The van der Waals surface area contributed by atoms with E-state index in [2.05, 4.69) is 0 Å². The van der Waals surface area contributed by atoms with Crippen LogP contribution in [0.25, 0.3) is 0 Å². The van der Waals surface area contributed by atoms with Gasteiger partial charge in [-0.25, -0.2) is 4.79 Å². The summed E-state index contributed by atoms with van der Waals surface area (Å²) in [6.07, 6.45) is 0. The van der Waals surface area contributed by atoms with Crippen molar-refractivity contribution in [2.45, 2.75) is 6.54 Å². The fourth-order valence-electron chi connectivity index (χ4n) is 3.17. The summed E-state index contributed by atoms with van der Waals surface area (Å²) in [5.74, 6) is 0.0401. The molecule has 1 aromatic heterocycles. The van der Waals surface area contributed by atoms with Crippen molar-refractivity contribution in [3.8, 4) is 6.07 Å². The molecule has 0 aliphatic carbocycles. The molecule has 0 unspecified atom stereocenters. The molecule has 2 heterocycles. The van der Waals surface area contributed by atoms with Gasteiger partial charge in [0.1, 0.15) is 11.9 Å². The van der Waals surface area contributed by atoms with E-state index in [1.165, 1.54) is 18.7 Å². The number of hydrogen-bond donors (Lipinski definition) is 0. The van der Waals surface area contributed by atoms with E-state index in [0.717, 1.165) is 10.1 Å². The van der Waals surface area contributed by atoms with E-state index in [0.29, 0.717) is 24.7 Å². The van der Waals surface area contributed by atoms with Gasteiger partial charge >= 0.3 is 5.69 Å². The highest BCUT2D eigenvalue weighted by atomic mass is 35.5. The van der Waals surface area contributed by atoms with Crippen molar-refractivity contribution in [2.75, 3.05) is 24.5 Å². The van der Waals surface area contributed by atoms with Crippen LogP contribution in [0.5, 0.6) is 0 Å². The van der Waals surface area contributed by atoms with Crippen molar-refractivity contribution >= 4 is 23.3 Å². The molecule has 0 N–H and O–H groups in total. The zero-order chi connectivity index (χ0) is 19.7. The average Bonchev–Trinajstić information content (AvgIpc) is 2.66. The molecule has 1 saturated heterocycles. The highest BCUT2D eigenvalue weighted by Crippen LogP contribution is 2.19. The Balaban J connectivity index is 1.86. The Bertz CT molecular complexity index is 1050. The first-order valence-corrected chi connectivity index (χ1v) is 8.68. The Labute approximate surface area is 160 Å². The molecule has 1 aromatic carbocycles. The van der Waals surface area contributed by atoms with Crippen LogP contribution >= 0.6 is 11.6 Å². The first kappa shape index (κ1) is 18.7. The Hall–Kier alpha value is -3.05. The van der Waals surface area contributed by atoms with Crippen molar-refractivity contribution in [1.82, 2.24) is 14.0 Å². The van der Waals surface area contributed by atoms with Crippen molar-refractivity contribution in [1.29, 1.82) is 5.26 Å². The van der Waals surface area contributed by atoms with Crippen molar-refractivity contribution in [3.63, 3.8) is 0 Å². The summed E-state index contributed by atoms with van der Waals surface area (Å²) < 4.78 is 2.13. The first-order valence-electron chi connectivity index (χ1n) is 8.30. The molecule has 3 rings (SSSR count). The SMILES string of the molecule is Cn1c(N2CCN(Cc3ccc(Cl)cc3)C(=O)C2)c(C#N)c(=O)n(C)c1=O. The number of rotatable bonds is 3. The van der Waals surface area contributed by atoms with Gasteiger partial charge in [0.05, 0.1) is 6.54 Å². The number of amides is 1. The van der Waals surface area contributed by atoms with Crippen LogP contribution in [-0.4, -0.2) is 39.6 Å². The minimum atomic E-state index is -0.661. The lowest BCUT2D eigenvalue weighted by Gasteiger charge is -2.36. The van der Waals surface area contributed by atoms with Crippen LogP contribution in [0.15, 0.2) is 33.9 Å². The fourth-order valence-corrected chi connectivity index (χ4v) is 3.29. The number of anilines is 1. The molecule has 0 atom stereocenters. The van der Waals surface area contributed by atoms with Gasteiger partial charge in [0, 0.05) is 38.8 Å². The van der Waals surface area contributed by atoms with Gasteiger partial charge in [-0.3, -0.25) is 18.7 Å². The van der Waals surface area contributed by atoms with Crippen molar-refractivity contribution in [3.05, 3.63) is 61.3 Å². The van der Waals surface area contributed by atoms with E-state index in [9.17, 15) is 19.6 Å². The highest BCUT2D eigenvalue weighted by Gasteiger charge is 2.29. The normalized spacial score (nSPS) is 14.4. The smallest absolute Gasteiger partial charge is 0.332 e. The number of carbonyl (C=O) groups is 1. The molecule has 27 heavy (non-hydrogen) atoms. The monoisotopic (exact) mass is 387 g/mol. The molecular formula is C18H18ClN5O3. The molecule has 2 aromatic rings. The van der Waals surface area contributed by atoms with E-state index in [-0.39, 0.29) is 23.8 Å². The molecule has 1 amide bonds. The average molecular weight is 388 g/mol. The maximum atomic E-state index is 12.6. The molecule has 8 nitrogen and oxygen atoms in total. The topological polar surface area (TPSA) is 91.3 Å². The van der Waals surface area contributed by atoms with Crippen molar-refractivity contribution < 1.29 is 4.79 Å². The third-order valence-corrected chi connectivity index (χ3v) is 4.90. The number of nitriles is 1. The molecule has 1 aliphatic rings. The molecular weight excluding hydrogens is 370 g/mol. The number of halogens is 1. The summed E-state index contributed by atoms with van der Waals surface area (Å²) in [7, 11) is 2.81. The van der Waals surface area contributed by atoms with E-state index in [4.69, 9.17) is 11.6 Å². The highest BCUT2D eigenvalue weighted by molar-refractivity contribution is 6.30. The fraction of sp³-hybridized carbons (Fsp3) is 0.333. The summed E-state index contributed by atoms with van der Waals surface area (Å²) in [6, 6.07) is 9.13. The Morgan fingerprint density at radius 3 is 2.33 bits per heavy atom. The van der Waals surface area contributed by atoms with Gasteiger partial charge in [0.15, 0.2) is 5.56 Å². The zero-order valence-corrected chi connectivity index (χ0v) is 15.7. The number of carbonyl (C=O) groups excluding carboxylic acids is 1.